The summed E-state index contributed by atoms with van der Waals surface area (Å²) in [7, 11) is 0. The first kappa shape index (κ1) is 15.8. The third-order valence-corrected chi connectivity index (χ3v) is 5.20. The molecule has 0 saturated heterocycles. The maximum Gasteiger partial charge on any atom is 0.201 e. The molecule has 1 aliphatic heterocycles. The van der Waals surface area contributed by atoms with Crippen molar-refractivity contribution in [1.82, 2.24) is 0 Å². The lowest BCUT2D eigenvalue weighted by Crippen LogP contribution is -2.12. The van der Waals surface area contributed by atoms with Gasteiger partial charge in [-0.25, -0.2) is 0 Å². The maximum absolute atomic E-state index is 12.7. The molecule has 0 aromatic heterocycles. The Bertz CT molecular complexity index is 800. The lowest BCUT2D eigenvalue weighted by molar-refractivity contribution is 0.104. The molecule has 1 aliphatic rings. The van der Waals surface area contributed by atoms with Crippen molar-refractivity contribution >= 4 is 58.0 Å². The fraction of sp³-hybridized carbons (Fsp3) is 0.0625. The van der Waals surface area contributed by atoms with E-state index < -0.39 is 0 Å². The van der Waals surface area contributed by atoms with E-state index in [1.165, 1.54) is 11.8 Å². The first-order valence-corrected chi connectivity index (χ1v) is 8.36. The molecule has 0 unspecified atom stereocenters. The summed E-state index contributed by atoms with van der Waals surface area (Å²) in [6.45, 7) is 1.85. The highest BCUT2D eigenvalue weighted by atomic mass is 35.5. The van der Waals surface area contributed by atoms with Crippen molar-refractivity contribution in [3.05, 3.63) is 67.6 Å². The number of ketones is 1. The van der Waals surface area contributed by atoms with Crippen molar-refractivity contribution in [2.45, 2.75) is 11.8 Å². The van der Waals surface area contributed by atoms with Crippen LogP contribution in [0.5, 0.6) is 0 Å². The number of fused-ring (bicyclic) bond motifs is 1. The van der Waals surface area contributed by atoms with Gasteiger partial charge in [0.05, 0.1) is 15.6 Å². The minimum atomic E-state index is -0.0617. The molecule has 0 radical (unpaired) electrons. The summed E-state index contributed by atoms with van der Waals surface area (Å²) < 4.78 is 0. The predicted molar refractivity (Wildman–Crippen MR) is 94.4 cm³/mol. The van der Waals surface area contributed by atoms with Gasteiger partial charge in [0.25, 0.3) is 0 Å². The van der Waals surface area contributed by atoms with Crippen molar-refractivity contribution in [2.75, 3.05) is 5.32 Å². The Kier molecular flexibility index (Phi) is 4.42. The van der Waals surface area contributed by atoms with Crippen LogP contribution in [0.1, 0.15) is 17.3 Å². The summed E-state index contributed by atoms with van der Waals surface area (Å²) >= 11 is 19.5. The molecule has 6 heteroatoms. The number of hydrogen-bond acceptors (Lipinski definition) is 3. The van der Waals surface area contributed by atoms with E-state index in [4.69, 9.17) is 34.8 Å². The number of hydrogen-bond donors (Lipinski definition) is 1. The van der Waals surface area contributed by atoms with E-state index in [1.54, 1.807) is 36.4 Å². The molecule has 112 valence electrons. The van der Waals surface area contributed by atoms with E-state index in [-0.39, 0.29) is 5.78 Å². The van der Waals surface area contributed by atoms with Crippen molar-refractivity contribution in [1.29, 1.82) is 0 Å². The summed E-state index contributed by atoms with van der Waals surface area (Å²) in [5, 5.41) is 4.86. The van der Waals surface area contributed by atoms with Crippen molar-refractivity contribution < 1.29 is 4.79 Å². The van der Waals surface area contributed by atoms with Crippen molar-refractivity contribution in [3.8, 4) is 0 Å². The van der Waals surface area contributed by atoms with E-state index in [0.29, 0.717) is 25.5 Å². The van der Waals surface area contributed by atoms with Gasteiger partial charge in [-0.2, -0.15) is 0 Å². The van der Waals surface area contributed by atoms with Gasteiger partial charge in [0.15, 0.2) is 0 Å². The van der Waals surface area contributed by atoms with Crippen LogP contribution in [0, 0.1) is 0 Å². The van der Waals surface area contributed by atoms with Crippen LogP contribution in [-0.2, 0) is 0 Å². The molecule has 1 heterocycles. The van der Waals surface area contributed by atoms with Gasteiger partial charge in [0.2, 0.25) is 5.78 Å². The third-order valence-electron chi connectivity index (χ3n) is 3.20. The molecule has 0 amide bonds. The van der Waals surface area contributed by atoms with Gasteiger partial charge in [-0.15, -0.1) is 0 Å². The highest BCUT2D eigenvalue weighted by Crippen LogP contribution is 2.45. The molecular weight excluding hydrogens is 361 g/mol. The molecule has 0 fully saturated rings. The topological polar surface area (TPSA) is 29.1 Å². The van der Waals surface area contributed by atoms with Gasteiger partial charge in [-0.3, -0.25) is 4.79 Å². The summed E-state index contributed by atoms with van der Waals surface area (Å²) in [4.78, 5) is 14.1. The van der Waals surface area contributed by atoms with Gasteiger partial charge < -0.3 is 5.32 Å². The SMILES string of the molecule is CC1=C(C(=O)c2ccc(Cl)cc2)Sc2cc(Cl)cc(Cl)c2N1. The Labute approximate surface area is 147 Å². The standard InChI is InChI=1S/C16H10Cl3NOS/c1-8-16(15(21)9-2-4-10(17)5-3-9)22-13-7-11(18)6-12(19)14(13)20-8/h2-7,20H,1H3. The predicted octanol–water partition coefficient (Wildman–Crippen LogP) is 6.28. The van der Waals surface area contributed by atoms with Crippen LogP contribution in [0.2, 0.25) is 15.1 Å². The molecular formula is C16H10Cl3NOS. The maximum atomic E-state index is 12.7. The second-order valence-corrected chi connectivity index (χ2v) is 7.11. The van der Waals surface area contributed by atoms with Crippen molar-refractivity contribution in [2.24, 2.45) is 0 Å². The first-order valence-electron chi connectivity index (χ1n) is 6.41. The smallest absolute Gasteiger partial charge is 0.201 e. The van der Waals surface area contributed by atoms with Crippen molar-refractivity contribution in [3.63, 3.8) is 0 Å². The second kappa shape index (κ2) is 6.17. The minimum absolute atomic E-state index is 0.0617. The van der Waals surface area contributed by atoms with Crippen LogP contribution in [-0.4, -0.2) is 5.78 Å². The van der Waals surface area contributed by atoms with Gasteiger partial charge in [0, 0.05) is 26.2 Å². The van der Waals surface area contributed by atoms with Crippen LogP contribution in [0.3, 0.4) is 0 Å². The van der Waals surface area contributed by atoms with Crippen LogP contribution in [0.4, 0.5) is 5.69 Å². The van der Waals surface area contributed by atoms with E-state index in [0.717, 1.165) is 16.3 Å². The van der Waals surface area contributed by atoms with Crippen LogP contribution in [0.25, 0.3) is 0 Å². The minimum Gasteiger partial charge on any atom is -0.356 e. The average molecular weight is 371 g/mol. The Morgan fingerprint density at radius 2 is 1.73 bits per heavy atom. The zero-order valence-corrected chi connectivity index (χ0v) is 14.5. The highest BCUT2D eigenvalue weighted by Gasteiger charge is 2.24. The summed E-state index contributed by atoms with van der Waals surface area (Å²) in [5.74, 6) is -0.0617. The molecule has 22 heavy (non-hydrogen) atoms. The summed E-state index contributed by atoms with van der Waals surface area (Å²) in [6.07, 6.45) is 0. The average Bonchev–Trinajstić information content (AvgIpc) is 2.47. The molecule has 2 aromatic carbocycles. The Morgan fingerprint density at radius 3 is 2.41 bits per heavy atom. The molecule has 0 spiro atoms. The molecule has 2 nitrogen and oxygen atoms in total. The van der Waals surface area contributed by atoms with E-state index >= 15 is 0 Å². The molecule has 0 atom stereocenters. The van der Waals surface area contributed by atoms with E-state index in [1.807, 2.05) is 6.92 Å². The molecule has 1 N–H and O–H groups in total. The van der Waals surface area contributed by atoms with Crippen LogP contribution < -0.4 is 5.32 Å². The van der Waals surface area contributed by atoms with Gasteiger partial charge in [-0.1, -0.05) is 46.6 Å². The lowest BCUT2D eigenvalue weighted by Gasteiger charge is -2.22. The number of allylic oxidation sites excluding steroid dienone is 2. The third kappa shape index (κ3) is 2.99. The largest absolute Gasteiger partial charge is 0.356 e. The number of nitrogens with one attached hydrogen (secondary N) is 1. The molecule has 0 saturated carbocycles. The van der Waals surface area contributed by atoms with Gasteiger partial charge in [0.1, 0.15) is 0 Å². The number of halogens is 3. The zero-order chi connectivity index (χ0) is 15.9. The summed E-state index contributed by atoms with van der Waals surface area (Å²) in [6, 6.07) is 10.3. The number of thioether (sulfide) groups is 1. The Balaban J connectivity index is 1.98. The zero-order valence-electron chi connectivity index (χ0n) is 11.4. The molecule has 0 bridgehead atoms. The summed E-state index contributed by atoms with van der Waals surface area (Å²) in [5.41, 5.74) is 2.13. The van der Waals surface area contributed by atoms with Crippen LogP contribution >= 0.6 is 46.6 Å². The van der Waals surface area contributed by atoms with E-state index in [2.05, 4.69) is 5.32 Å². The first-order chi connectivity index (χ1) is 10.5. The number of benzene rings is 2. The fourth-order valence-corrected chi connectivity index (χ4v) is 4.00. The number of rotatable bonds is 2. The monoisotopic (exact) mass is 369 g/mol. The second-order valence-electron chi connectivity index (χ2n) is 4.78. The lowest BCUT2D eigenvalue weighted by atomic mass is 10.1. The number of carbonyl (C=O) groups excluding carboxylic acids is 1. The number of carbonyl (C=O) groups is 1. The van der Waals surface area contributed by atoms with Crippen LogP contribution in [0.15, 0.2) is 51.9 Å². The molecule has 2 aromatic rings. The number of Topliss-reactive ketones (excluding diaryl/α,β-unsaturated/α-hetero) is 1. The van der Waals surface area contributed by atoms with E-state index in [9.17, 15) is 4.79 Å². The molecule has 3 rings (SSSR count). The van der Waals surface area contributed by atoms with Gasteiger partial charge in [-0.05, 0) is 43.3 Å². The Hall–Kier alpha value is -1.13. The number of anilines is 1. The highest BCUT2D eigenvalue weighted by molar-refractivity contribution is 8.04. The Morgan fingerprint density at radius 1 is 1.05 bits per heavy atom. The fourth-order valence-electron chi connectivity index (χ4n) is 2.13. The van der Waals surface area contributed by atoms with Gasteiger partial charge >= 0.3 is 0 Å². The normalized spacial score (nSPS) is 13.6. The molecule has 0 aliphatic carbocycles. The quantitative estimate of drug-likeness (QED) is 0.631.